The van der Waals surface area contributed by atoms with Crippen LogP contribution in [0.2, 0.25) is 0 Å². The minimum atomic E-state index is 0.141. The molecule has 0 aliphatic heterocycles. The molecule has 0 spiro atoms. The number of benzene rings is 1. The maximum absolute atomic E-state index is 6.04. The summed E-state index contributed by atoms with van der Waals surface area (Å²) in [5.41, 5.74) is 8.98. The average Bonchev–Trinajstić information content (AvgIpc) is 3.10. The van der Waals surface area contributed by atoms with Crippen molar-refractivity contribution in [2.75, 3.05) is 18.9 Å². The Hall–Kier alpha value is -2.67. The Kier molecular flexibility index (Phi) is 9.06. The molecular weight excluding hydrogens is 412 g/mol. The number of rotatable bonds is 13. The number of anilines is 1. The van der Waals surface area contributed by atoms with E-state index in [0.29, 0.717) is 18.1 Å². The van der Waals surface area contributed by atoms with Gasteiger partial charge in [-0.25, -0.2) is 4.98 Å². The van der Waals surface area contributed by atoms with Crippen molar-refractivity contribution in [1.29, 1.82) is 0 Å². The second kappa shape index (κ2) is 12.0. The summed E-state index contributed by atoms with van der Waals surface area (Å²) in [6.45, 7) is 11.2. The molecule has 0 saturated heterocycles. The van der Waals surface area contributed by atoms with E-state index in [1.807, 2.05) is 0 Å². The fourth-order valence-electron chi connectivity index (χ4n) is 3.87. The van der Waals surface area contributed by atoms with Gasteiger partial charge in [-0.2, -0.15) is 9.97 Å². The third-order valence-corrected chi connectivity index (χ3v) is 5.58. The summed E-state index contributed by atoms with van der Waals surface area (Å²) < 4.78 is 8.30. The Morgan fingerprint density at radius 2 is 1.76 bits per heavy atom. The predicted octanol–water partition coefficient (Wildman–Crippen LogP) is 4.93. The Bertz CT molecular complexity index is 993. The van der Waals surface area contributed by atoms with Crippen LogP contribution in [-0.4, -0.2) is 38.2 Å². The predicted molar refractivity (Wildman–Crippen MR) is 136 cm³/mol. The first kappa shape index (κ1) is 25.0. The Balaban J connectivity index is 1.79. The molecule has 0 aliphatic rings. The molecule has 0 unspecified atom stereocenters. The van der Waals surface area contributed by atoms with E-state index >= 15 is 0 Å². The lowest BCUT2D eigenvalue weighted by molar-refractivity contribution is 0.300. The zero-order valence-corrected chi connectivity index (χ0v) is 20.7. The van der Waals surface area contributed by atoms with Crippen LogP contribution < -0.4 is 15.8 Å². The molecule has 0 saturated carbocycles. The van der Waals surface area contributed by atoms with E-state index in [9.17, 15) is 0 Å². The van der Waals surface area contributed by atoms with E-state index in [4.69, 9.17) is 15.5 Å². The van der Waals surface area contributed by atoms with Gasteiger partial charge in [-0.15, -0.1) is 0 Å². The summed E-state index contributed by atoms with van der Waals surface area (Å²) in [5, 5.41) is 3.56. The van der Waals surface area contributed by atoms with Crippen LogP contribution >= 0.6 is 0 Å². The number of ether oxygens (including phenoxy) is 1. The topological polar surface area (TPSA) is 90.9 Å². The van der Waals surface area contributed by atoms with Gasteiger partial charge in [0.15, 0.2) is 11.2 Å². The van der Waals surface area contributed by atoms with E-state index in [0.717, 1.165) is 69.4 Å². The Morgan fingerprint density at radius 1 is 0.970 bits per heavy atom. The summed E-state index contributed by atoms with van der Waals surface area (Å²) in [7, 11) is 0. The summed E-state index contributed by atoms with van der Waals surface area (Å²) >= 11 is 0. The summed E-state index contributed by atoms with van der Waals surface area (Å²) in [6.07, 6.45) is 7.10. The minimum Gasteiger partial charge on any atom is -0.476 e. The minimum absolute atomic E-state index is 0.141. The van der Waals surface area contributed by atoms with Gasteiger partial charge in [-0.3, -0.25) is 0 Å². The van der Waals surface area contributed by atoms with E-state index in [-0.39, 0.29) is 11.5 Å². The lowest BCUT2D eigenvalue weighted by Gasteiger charge is -2.20. The fraction of sp³-hybridized carbons (Fsp3) is 0.577. The van der Waals surface area contributed by atoms with Crippen LogP contribution in [0.15, 0.2) is 30.3 Å². The van der Waals surface area contributed by atoms with Gasteiger partial charge in [0.1, 0.15) is 5.82 Å². The molecule has 0 fully saturated rings. The molecule has 7 nitrogen and oxygen atoms in total. The fourth-order valence-corrected chi connectivity index (χ4v) is 3.87. The molecule has 3 aromatic rings. The maximum Gasteiger partial charge on any atom is 0.245 e. The first-order valence-electron chi connectivity index (χ1n) is 12.3. The molecule has 0 radical (unpaired) electrons. The van der Waals surface area contributed by atoms with Crippen LogP contribution in [-0.2, 0) is 19.4 Å². The number of nitrogen functional groups attached to an aromatic ring is 1. The van der Waals surface area contributed by atoms with Crippen molar-refractivity contribution in [2.24, 2.45) is 0 Å². The highest BCUT2D eigenvalue weighted by Gasteiger charge is 2.19. The van der Waals surface area contributed by atoms with Gasteiger partial charge < -0.3 is 20.4 Å². The Morgan fingerprint density at radius 3 is 2.48 bits per heavy atom. The molecule has 33 heavy (non-hydrogen) atoms. The molecule has 0 amide bonds. The van der Waals surface area contributed by atoms with Crippen molar-refractivity contribution in [2.45, 2.75) is 84.7 Å². The normalized spacial score (nSPS) is 11.9. The van der Waals surface area contributed by atoms with Crippen molar-refractivity contribution in [3.8, 4) is 5.88 Å². The number of unbranched alkanes of at least 4 members (excludes halogenated alkanes) is 2. The number of aryl methyl sites for hydroxylation is 3. The number of nitrogens with zero attached hydrogens (tertiary/aromatic N) is 4. The van der Waals surface area contributed by atoms with Crippen molar-refractivity contribution in [1.82, 2.24) is 24.8 Å². The molecular formula is C26H40N6O. The van der Waals surface area contributed by atoms with Crippen molar-refractivity contribution in [3.05, 3.63) is 41.7 Å². The van der Waals surface area contributed by atoms with E-state index < -0.39 is 0 Å². The number of imidazole rings is 1. The number of nitrogens with two attached hydrogens (primary N) is 1. The summed E-state index contributed by atoms with van der Waals surface area (Å²) in [6, 6.07) is 10.6. The van der Waals surface area contributed by atoms with Crippen LogP contribution in [0.5, 0.6) is 5.88 Å². The molecule has 1 aromatic carbocycles. The number of nitrogens with one attached hydrogen (secondary N) is 1. The highest BCUT2D eigenvalue weighted by Crippen LogP contribution is 2.26. The number of hydrogen-bond acceptors (Lipinski definition) is 6. The zero-order valence-electron chi connectivity index (χ0n) is 20.7. The van der Waals surface area contributed by atoms with Crippen molar-refractivity contribution in [3.63, 3.8) is 0 Å². The first-order chi connectivity index (χ1) is 15.9. The number of hydrogen-bond donors (Lipinski definition) is 2. The SMILES string of the molecule is CCCCOc1nc(N)nc2nc(CCCCNC(C)(C)C)n(CCCc3ccccc3)c12. The molecule has 3 N–H and O–H groups in total. The highest BCUT2D eigenvalue weighted by molar-refractivity contribution is 5.78. The van der Waals surface area contributed by atoms with Gasteiger partial charge in [0.05, 0.1) is 6.61 Å². The Labute approximate surface area is 198 Å². The van der Waals surface area contributed by atoms with Crippen molar-refractivity contribution < 1.29 is 4.74 Å². The number of aromatic nitrogens is 4. The quantitative estimate of drug-likeness (QED) is 0.357. The summed E-state index contributed by atoms with van der Waals surface area (Å²) in [4.78, 5) is 13.7. The lowest BCUT2D eigenvalue weighted by Crippen LogP contribution is -2.36. The monoisotopic (exact) mass is 452 g/mol. The van der Waals surface area contributed by atoms with Crippen LogP contribution in [0.4, 0.5) is 5.95 Å². The average molecular weight is 453 g/mol. The van der Waals surface area contributed by atoms with Crippen LogP contribution in [0.3, 0.4) is 0 Å². The van der Waals surface area contributed by atoms with Gasteiger partial charge in [0, 0.05) is 18.5 Å². The van der Waals surface area contributed by atoms with Crippen LogP contribution in [0.1, 0.15) is 71.2 Å². The van der Waals surface area contributed by atoms with E-state index in [2.05, 4.69) is 77.9 Å². The van der Waals surface area contributed by atoms with Gasteiger partial charge in [0.25, 0.3) is 0 Å². The molecule has 2 aromatic heterocycles. The molecule has 0 atom stereocenters. The first-order valence-corrected chi connectivity index (χ1v) is 12.3. The summed E-state index contributed by atoms with van der Waals surface area (Å²) in [5.74, 6) is 1.80. The second-order valence-corrected chi connectivity index (χ2v) is 9.66. The number of fused-ring (bicyclic) bond motifs is 1. The smallest absolute Gasteiger partial charge is 0.245 e. The lowest BCUT2D eigenvalue weighted by atomic mass is 10.1. The maximum atomic E-state index is 6.04. The third kappa shape index (κ3) is 7.70. The molecule has 0 aliphatic carbocycles. The van der Waals surface area contributed by atoms with Crippen molar-refractivity contribution >= 4 is 17.1 Å². The van der Waals surface area contributed by atoms with E-state index in [1.165, 1.54) is 5.56 Å². The molecule has 180 valence electrons. The molecule has 7 heteroatoms. The standard InChI is InChI=1S/C26H40N6O/c1-5-6-19-33-24-22-23(30-25(27)31-24)29-21(16-10-11-17-28-26(2,3)4)32(22)18-12-15-20-13-8-7-9-14-20/h7-9,13-14,28H,5-6,10-12,15-19H2,1-4H3,(H2,27,30,31). The molecule has 0 bridgehead atoms. The van der Waals surface area contributed by atoms with E-state index in [1.54, 1.807) is 0 Å². The molecule has 2 heterocycles. The molecule has 3 rings (SSSR count). The van der Waals surface area contributed by atoms with Gasteiger partial charge in [-0.05, 0) is 65.0 Å². The van der Waals surface area contributed by atoms with Gasteiger partial charge in [-0.1, -0.05) is 43.7 Å². The van der Waals surface area contributed by atoms with Gasteiger partial charge >= 0.3 is 0 Å². The zero-order chi connectivity index (χ0) is 23.7. The van der Waals surface area contributed by atoms with Crippen LogP contribution in [0.25, 0.3) is 11.2 Å². The van der Waals surface area contributed by atoms with Crippen LogP contribution in [0, 0.1) is 0 Å². The second-order valence-electron chi connectivity index (χ2n) is 9.66. The highest BCUT2D eigenvalue weighted by atomic mass is 16.5. The van der Waals surface area contributed by atoms with Gasteiger partial charge in [0.2, 0.25) is 11.8 Å². The third-order valence-electron chi connectivity index (χ3n) is 5.58. The largest absolute Gasteiger partial charge is 0.476 e.